The molecule has 0 radical (unpaired) electrons. The Morgan fingerprint density at radius 3 is 2.35 bits per heavy atom. The van der Waals surface area contributed by atoms with Gasteiger partial charge in [0.2, 0.25) is 0 Å². The molecule has 112 valence electrons. The lowest BCUT2D eigenvalue weighted by molar-refractivity contribution is 0.378. The SMILES string of the molecule is CCCC1CCN(c2ccc(C(C)NCC)cc2)CC1. The van der Waals surface area contributed by atoms with E-state index in [-0.39, 0.29) is 0 Å². The van der Waals surface area contributed by atoms with Crippen LogP contribution in [0, 0.1) is 5.92 Å². The van der Waals surface area contributed by atoms with Crippen molar-refractivity contribution in [2.45, 2.75) is 52.5 Å². The number of nitrogens with zero attached hydrogens (tertiary/aromatic N) is 1. The van der Waals surface area contributed by atoms with Gasteiger partial charge < -0.3 is 10.2 Å². The van der Waals surface area contributed by atoms with E-state index >= 15 is 0 Å². The fourth-order valence-electron chi connectivity index (χ4n) is 3.29. The molecule has 1 aromatic rings. The molecule has 1 aliphatic rings. The van der Waals surface area contributed by atoms with E-state index in [0.717, 1.165) is 12.5 Å². The van der Waals surface area contributed by atoms with Gasteiger partial charge in [-0.2, -0.15) is 0 Å². The summed E-state index contributed by atoms with van der Waals surface area (Å²) in [5.74, 6) is 0.962. The second kappa shape index (κ2) is 7.68. The molecular formula is C18H30N2. The van der Waals surface area contributed by atoms with Gasteiger partial charge in [-0.1, -0.05) is 38.8 Å². The monoisotopic (exact) mass is 274 g/mol. The quantitative estimate of drug-likeness (QED) is 0.828. The lowest BCUT2D eigenvalue weighted by atomic mass is 9.92. The van der Waals surface area contributed by atoms with Crippen LogP contribution in [0.3, 0.4) is 0 Å². The number of hydrogen-bond acceptors (Lipinski definition) is 2. The van der Waals surface area contributed by atoms with Crippen LogP contribution in [0.1, 0.15) is 58.1 Å². The summed E-state index contributed by atoms with van der Waals surface area (Å²) in [6.45, 7) is 10.2. The predicted octanol–water partition coefficient (Wildman–Crippen LogP) is 4.37. The maximum Gasteiger partial charge on any atom is 0.0366 e. The van der Waals surface area contributed by atoms with E-state index in [9.17, 15) is 0 Å². The molecule has 1 saturated heterocycles. The summed E-state index contributed by atoms with van der Waals surface area (Å²) in [4.78, 5) is 2.55. The second-order valence-corrected chi connectivity index (χ2v) is 6.09. The standard InChI is InChI=1S/C18H30N2/c1-4-6-16-11-13-20(14-12-16)18-9-7-17(8-10-18)15(3)19-5-2/h7-10,15-16,19H,4-6,11-14H2,1-3H3. The molecule has 0 saturated carbocycles. The highest BCUT2D eigenvalue weighted by Gasteiger charge is 2.18. The summed E-state index contributed by atoms with van der Waals surface area (Å²) < 4.78 is 0. The Kier molecular flexibility index (Phi) is 5.90. The first-order valence-electron chi connectivity index (χ1n) is 8.32. The Labute approximate surface area is 124 Å². The highest BCUT2D eigenvalue weighted by atomic mass is 15.1. The third-order valence-electron chi connectivity index (χ3n) is 4.58. The van der Waals surface area contributed by atoms with Gasteiger partial charge in [0.1, 0.15) is 0 Å². The van der Waals surface area contributed by atoms with E-state index in [0.29, 0.717) is 6.04 Å². The molecule has 1 unspecified atom stereocenters. The summed E-state index contributed by atoms with van der Waals surface area (Å²) in [5, 5.41) is 3.47. The zero-order chi connectivity index (χ0) is 14.4. The summed E-state index contributed by atoms with van der Waals surface area (Å²) in [7, 11) is 0. The number of anilines is 1. The van der Waals surface area contributed by atoms with Crippen molar-refractivity contribution in [2.24, 2.45) is 5.92 Å². The number of rotatable bonds is 6. The molecule has 1 aromatic carbocycles. The molecule has 0 spiro atoms. The zero-order valence-electron chi connectivity index (χ0n) is 13.4. The van der Waals surface area contributed by atoms with Crippen molar-refractivity contribution in [3.8, 4) is 0 Å². The van der Waals surface area contributed by atoms with E-state index in [1.807, 2.05) is 0 Å². The Morgan fingerprint density at radius 2 is 1.80 bits per heavy atom. The minimum absolute atomic E-state index is 0.448. The number of piperidine rings is 1. The van der Waals surface area contributed by atoms with Crippen LogP contribution < -0.4 is 10.2 Å². The second-order valence-electron chi connectivity index (χ2n) is 6.09. The Bertz CT molecular complexity index is 377. The molecule has 0 amide bonds. The first kappa shape index (κ1) is 15.4. The molecular weight excluding hydrogens is 244 g/mol. The van der Waals surface area contributed by atoms with Gasteiger partial charge in [-0.25, -0.2) is 0 Å². The van der Waals surface area contributed by atoms with E-state index in [2.05, 4.69) is 55.3 Å². The van der Waals surface area contributed by atoms with E-state index in [1.165, 1.54) is 50.0 Å². The number of nitrogens with one attached hydrogen (secondary N) is 1. The highest BCUT2D eigenvalue weighted by molar-refractivity contribution is 5.48. The predicted molar refractivity (Wildman–Crippen MR) is 88.4 cm³/mol. The Morgan fingerprint density at radius 1 is 1.15 bits per heavy atom. The topological polar surface area (TPSA) is 15.3 Å². The van der Waals surface area contributed by atoms with Gasteiger partial charge >= 0.3 is 0 Å². The van der Waals surface area contributed by atoms with Crippen LogP contribution in [0.5, 0.6) is 0 Å². The molecule has 2 heteroatoms. The van der Waals surface area contributed by atoms with Crippen LogP contribution in [0.4, 0.5) is 5.69 Å². The molecule has 1 N–H and O–H groups in total. The van der Waals surface area contributed by atoms with Gasteiger partial charge in [0.25, 0.3) is 0 Å². The minimum Gasteiger partial charge on any atom is -0.372 e. The lowest BCUT2D eigenvalue weighted by Gasteiger charge is -2.33. The largest absolute Gasteiger partial charge is 0.372 e. The van der Waals surface area contributed by atoms with Gasteiger partial charge in [0, 0.05) is 24.8 Å². The van der Waals surface area contributed by atoms with Crippen molar-refractivity contribution in [2.75, 3.05) is 24.5 Å². The molecule has 0 bridgehead atoms. The van der Waals surface area contributed by atoms with E-state index < -0.39 is 0 Å². The molecule has 1 fully saturated rings. The normalized spacial score (nSPS) is 18.2. The summed E-state index contributed by atoms with van der Waals surface area (Å²) in [5.41, 5.74) is 2.78. The average Bonchev–Trinajstić information content (AvgIpc) is 2.49. The van der Waals surface area contributed by atoms with Crippen molar-refractivity contribution >= 4 is 5.69 Å². The van der Waals surface area contributed by atoms with Crippen LogP contribution in [0.25, 0.3) is 0 Å². The van der Waals surface area contributed by atoms with E-state index in [4.69, 9.17) is 0 Å². The zero-order valence-corrected chi connectivity index (χ0v) is 13.4. The molecule has 1 atom stereocenters. The molecule has 0 aromatic heterocycles. The number of benzene rings is 1. The molecule has 0 aliphatic carbocycles. The average molecular weight is 274 g/mol. The van der Waals surface area contributed by atoms with Crippen LogP contribution in [0.2, 0.25) is 0 Å². The molecule has 1 heterocycles. The van der Waals surface area contributed by atoms with Crippen LogP contribution in [0.15, 0.2) is 24.3 Å². The van der Waals surface area contributed by atoms with Crippen LogP contribution in [-0.2, 0) is 0 Å². The van der Waals surface area contributed by atoms with Gasteiger partial charge in [-0.3, -0.25) is 0 Å². The fourth-order valence-corrected chi connectivity index (χ4v) is 3.29. The summed E-state index contributed by atoms with van der Waals surface area (Å²) >= 11 is 0. The maximum absolute atomic E-state index is 3.47. The smallest absolute Gasteiger partial charge is 0.0366 e. The minimum atomic E-state index is 0.448. The first-order chi connectivity index (χ1) is 9.74. The van der Waals surface area contributed by atoms with Gasteiger partial charge in [-0.15, -0.1) is 0 Å². The van der Waals surface area contributed by atoms with Gasteiger partial charge in [0.05, 0.1) is 0 Å². The third kappa shape index (κ3) is 3.99. The van der Waals surface area contributed by atoms with Crippen molar-refractivity contribution in [3.05, 3.63) is 29.8 Å². The van der Waals surface area contributed by atoms with Crippen LogP contribution >= 0.6 is 0 Å². The summed E-state index contributed by atoms with van der Waals surface area (Å²) in [6.07, 6.45) is 5.47. The van der Waals surface area contributed by atoms with Crippen molar-refractivity contribution in [3.63, 3.8) is 0 Å². The Hall–Kier alpha value is -1.02. The van der Waals surface area contributed by atoms with Crippen molar-refractivity contribution in [1.29, 1.82) is 0 Å². The summed E-state index contributed by atoms with van der Waals surface area (Å²) in [6, 6.07) is 9.60. The molecule has 20 heavy (non-hydrogen) atoms. The lowest BCUT2D eigenvalue weighted by Crippen LogP contribution is -2.33. The molecule has 1 aliphatic heterocycles. The van der Waals surface area contributed by atoms with E-state index in [1.54, 1.807) is 0 Å². The van der Waals surface area contributed by atoms with Gasteiger partial charge in [-0.05, 0) is 49.9 Å². The number of hydrogen-bond donors (Lipinski definition) is 1. The highest BCUT2D eigenvalue weighted by Crippen LogP contribution is 2.26. The third-order valence-corrected chi connectivity index (χ3v) is 4.58. The first-order valence-corrected chi connectivity index (χ1v) is 8.32. The fraction of sp³-hybridized carbons (Fsp3) is 0.667. The van der Waals surface area contributed by atoms with Crippen LogP contribution in [-0.4, -0.2) is 19.6 Å². The van der Waals surface area contributed by atoms with Crippen molar-refractivity contribution < 1.29 is 0 Å². The molecule has 2 rings (SSSR count). The van der Waals surface area contributed by atoms with Crippen molar-refractivity contribution in [1.82, 2.24) is 5.32 Å². The van der Waals surface area contributed by atoms with Gasteiger partial charge in [0.15, 0.2) is 0 Å². The molecule has 2 nitrogen and oxygen atoms in total. The Balaban J connectivity index is 1.91. The maximum atomic E-state index is 3.47.